The second kappa shape index (κ2) is 10.3. The van der Waals surface area contributed by atoms with Gasteiger partial charge in [-0.1, -0.05) is 17.7 Å². The number of carbonyl (C=O) groups excluding carboxylic acids is 1. The van der Waals surface area contributed by atoms with E-state index in [0.29, 0.717) is 35.0 Å². The van der Waals surface area contributed by atoms with E-state index < -0.39 is 17.9 Å². The number of halogens is 2. The fraction of sp³-hybridized carbons (Fsp3) is 0.520. The van der Waals surface area contributed by atoms with Gasteiger partial charge in [0.15, 0.2) is 4.77 Å². The standard InChI is InChI=1S/C25H30ClFN6O3S/c1-25(2,3)36-24(35)29-16-6-5-9-32(13-16)21-17(11-28)19-20(22(34)31(4)23(37)30-19)33(21)12-14-10-15(27)7-8-18(14)26/h8,10,15-16H,5-7,9,12-13H2,1-4H3,(H,29,35)(H,30,37)/t15?,16-/m1/s1. The predicted molar refractivity (Wildman–Crippen MR) is 143 cm³/mol. The molecule has 2 aliphatic rings. The van der Waals surface area contributed by atoms with Crippen LogP contribution in [0.3, 0.4) is 0 Å². The minimum atomic E-state index is -1.19. The maximum Gasteiger partial charge on any atom is 0.407 e. The van der Waals surface area contributed by atoms with E-state index in [1.54, 1.807) is 38.5 Å². The molecule has 1 aliphatic heterocycles. The molecule has 2 aromatic rings. The predicted octanol–water partition coefficient (Wildman–Crippen LogP) is 4.55. The number of nitrogens with one attached hydrogen (secondary N) is 2. The van der Waals surface area contributed by atoms with Crippen molar-refractivity contribution in [2.45, 2.75) is 64.4 Å². The average Bonchev–Trinajstić information content (AvgIpc) is 3.11. The molecule has 1 saturated heterocycles. The Hall–Kier alpha value is -3.10. The van der Waals surface area contributed by atoms with E-state index in [1.165, 1.54) is 10.6 Å². The van der Waals surface area contributed by atoms with Crippen molar-refractivity contribution < 1.29 is 13.9 Å². The molecule has 1 amide bonds. The van der Waals surface area contributed by atoms with Crippen LogP contribution in [0, 0.1) is 16.1 Å². The number of carbonyl (C=O) groups is 1. The SMILES string of the molecule is Cn1c(=S)[nH]c2c(C#N)c(N3CCC[C@@H](NC(=O)OC(C)(C)C)C3)n(CC3=CC(F)CC=C3Cl)c2c1=O. The van der Waals surface area contributed by atoms with Gasteiger partial charge in [-0.2, -0.15) is 5.26 Å². The van der Waals surface area contributed by atoms with Crippen LogP contribution in [0.25, 0.3) is 11.0 Å². The van der Waals surface area contributed by atoms with Crippen LogP contribution in [0.1, 0.15) is 45.6 Å². The molecule has 12 heteroatoms. The number of hydrogen-bond donors (Lipinski definition) is 2. The third-order valence-electron chi connectivity index (χ3n) is 6.37. The summed E-state index contributed by atoms with van der Waals surface area (Å²) in [5.41, 5.74) is 0.330. The number of amides is 1. The molecular weight excluding hydrogens is 519 g/mol. The molecule has 0 spiro atoms. The van der Waals surface area contributed by atoms with Crippen LogP contribution in [0.15, 0.2) is 27.6 Å². The maximum atomic E-state index is 14.2. The first-order chi connectivity index (χ1) is 17.4. The molecule has 0 saturated carbocycles. The molecule has 9 nitrogen and oxygen atoms in total. The summed E-state index contributed by atoms with van der Waals surface area (Å²) in [6, 6.07) is 1.99. The highest BCUT2D eigenvalue weighted by molar-refractivity contribution is 7.71. The van der Waals surface area contributed by atoms with E-state index in [1.807, 2.05) is 4.90 Å². The molecule has 0 aromatic carbocycles. The summed E-state index contributed by atoms with van der Waals surface area (Å²) in [6.07, 6.45) is 3.00. The van der Waals surface area contributed by atoms with E-state index in [4.69, 9.17) is 28.6 Å². The van der Waals surface area contributed by atoms with Crippen molar-refractivity contribution in [3.8, 4) is 6.07 Å². The molecule has 1 aliphatic carbocycles. The molecule has 2 N–H and O–H groups in total. The van der Waals surface area contributed by atoms with Crippen molar-refractivity contribution in [3.05, 3.63) is 43.4 Å². The van der Waals surface area contributed by atoms with Gasteiger partial charge in [0, 0.05) is 37.6 Å². The first-order valence-corrected chi connectivity index (χ1v) is 12.9. The van der Waals surface area contributed by atoms with Gasteiger partial charge in [-0.05, 0) is 57.5 Å². The van der Waals surface area contributed by atoms with E-state index in [-0.39, 0.29) is 40.4 Å². The maximum absolute atomic E-state index is 14.2. The van der Waals surface area contributed by atoms with Gasteiger partial charge in [0.1, 0.15) is 34.7 Å². The van der Waals surface area contributed by atoms with Crippen LogP contribution in [-0.2, 0) is 18.3 Å². The summed E-state index contributed by atoms with van der Waals surface area (Å²) in [5.74, 6) is 0.494. The van der Waals surface area contributed by atoms with Crippen molar-refractivity contribution in [1.82, 2.24) is 19.4 Å². The number of nitriles is 1. The van der Waals surface area contributed by atoms with Gasteiger partial charge in [0.25, 0.3) is 5.56 Å². The first-order valence-electron chi connectivity index (χ1n) is 12.1. The Kier molecular flexibility index (Phi) is 7.53. The number of aromatic nitrogens is 3. The topological polar surface area (TPSA) is 108 Å². The Morgan fingerprint density at radius 3 is 2.84 bits per heavy atom. The monoisotopic (exact) mass is 548 g/mol. The highest BCUT2D eigenvalue weighted by atomic mass is 35.5. The van der Waals surface area contributed by atoms with Crippen LogP contribution in [0.4, 0.5) is 15.0 Å². The second-order valence-corrected chi connectivity index (χ2v) is 11.1. The molecular formula is C25H30ClFN6O3S. The molecule has 0 bridgehead atoms. The summed E-state index contributed by atoms with van der Waals surface area (Å²) in [6.45, 7) is 6.45. The molecule has 4 rings (SSSR count). The minimum absolute atomic E-state index is 0.0871. The molecule has 2 atom stereocenters. The minimum Gasteiger partial charge on any atom is -0.444 e. The van der Waals surface area contributed by atoms with Crippen molar-refractivity contribution in [1.29, 1.82) is 5.26 Å². The van der Waals surface area contributed by atoms with Crippen LogP contribution in [-0.4, -0.2) is 51.1 Å². The number of rotatable bonds is 4. The van der Waals surface area contributed by atoms with Gasteiger partial charge in [-0.15, -0.1) is 0 Å². The quantitative estimate of drug-likeness (QED) is 0.543. The highest BCUT2D eigenvalue weighted by Crippen LogP contribution is 2.35. The summed E-state index contributed by atoms with van der Waals surface area (Å²) >= 11 is 11.7. The molecule has 198 valence electrons. The number of alkyl carbamates (subject to hydrolysis) is 1. The average molecular weight is 549 g/mol. The lowest BCUT2D eigenvalue weighted by Crippen LogP contribution is -2.49. The van der Waals surface area contributed by atoms with Gasteiger partial charge < -0.3 is 24.5 Å². The third-order valence-corrected chi connectivity index (χ3v) is 7.15. The zero-order chi connectivity index (χ0) is 27.1. The highest BCUT2D eigenvalue weighted by Gasteiger charge is 2.31. The molecule has 3 heterocycles. The number of H-pyrrole nitrogens is 1. The van der Waals surface area contributed by atoms with Crippen molar-refractivity contribution in [2.75, 3.05) is 18.0 Å². The fourth-order valence-corrected chi connectivity index (χ4v) is 5.15. The number of piperidine rings is 1. The van der Waals surface area contributed by atoms with Crippen molar-refractivity contribution in [2.24, 2.45) is 7.05 Å². The van der Waals surface area contributed by atoms with E-state index in [0.717, 1.165) is 12.8 Å². The van der Waals surface area contributed by atoms with E-state index in [9.17, 15) is 19.2 Å². The van der Waals surface area contributed by atoms with Gasteiger partial charge in [-0.3, -0.25) is 9.36 Å². The Morgan fingerprint density at radius 1 is 1.43 bits per heavy atom. The van der Waals surface area contributed by atoms with E-state index in [2.05, 4.69) is 16.4 Å². The number of ether oxygens (including phenoxy) is 1. The van der Waals surface area contributed by atoms with Crippen LogP contribution < -0.4 is 15.8 Å². The summed E-state index contributed by atoms with van der Waals surface area (Å²) < 4.78 is 22.8. The number of fused-ring (bicyclic) bond motifs is 1. The number of anilines is 1. The number of hydrogen-bond acceptors (Lipinski definition) is 6. The Labute approximate surface area is 224 Å². The van der Waals surface area contributed by atoms with E-state index >= 15 is 0 Å². The Bertz CT molecular complexity index is 1460. The molecule has 1 fully saturated rings. The molecule has 0 radical (unpaired) electrons. The summed E-state index contributed by atoms with van der Waals surface area (Å²) in [5, 5.41) is 13.5. The Balaban J connectivity index is 1.81. The lowest BCUT2D eigenvalue weighted by molar-refractivity contribution is 0.0500. The van der Waals surface area contributed by atoms with Gasteiger partial charge in [0.05, 0.1) is 12.1 Å². The summed E-state index contributed by atoms with van der Waals surface area (Å²) in [4.78, 5) is 30.8. The van der Waals surface area contributed by atoms with Crippen molar-refractivity contribution in [3.63, 3.8) is 0 Å². The molecule has 1 unspecified atom stereocenters. The summed E-state index contributed by atoms with van der Waals surface area (Å²) in [7, 11) is 1.55. The number of allylic oxidation sites excluding steroid dienone is 4. The molecule has 2 aromatic heterocycles. The van der Waals surface area contributed by atoms with Gasteiger partial charge in [0.2, 0.25) is 0 Å². The van der Waals surface area contributed by atoms with Crippen molar-refractivity contribution >= 4 is 46.8 Å². The molecule has 37 heavy (non-hydrogen) atoms. The van der Waals surface area contributed by atoms with Gasteiger partial charge >= 0.3 is 6.09 Å². The van der Waals surface area contributed by atoms with Crippen LogP contribution in [0.5, 0.6) is 0 Å². The third kappa shape index (κ3) is 5.60. The number of alkyl halides is 1. The smallest absolute Gasteiger partial charge is 0.407 e. The Morgan fingerprint density at radius 2 is 2.16 bits per heavy atom. The number of nitrogens with zero attached hydrogens (tertiary/aromatic N) is 4. The fourth-order valence-electron chi connectivity index (χ4n) is 4.75. The lowest BCUT2D eigenvalue weighted by atomic mass is 10.0. The zero-order valence-corrected chi connectivity index (χ0v) is 22.8. The number of aromatic amines is 1. The van der Waals surface area contributed by atoms with Gasteiger partial charge in [-0.25, -0.2) is 9.18 Å². The van der Waals surface area contributed by atoms with Crippen LogP contribution in [0.2, 0.25) is 0 Å². The van der Waals surface area contributed by atoms with Crippen LogP contribution >= 0.6 is 23.8 Å². The lowest BCUT2D eigenvalue weighted by Gasteiger charge is -2.35. The first kappa shape index (κ1) is 26.9. The zero-order valence-electron chi connectivity index (χ0n) is 21.2. The normalized spacial score (nSPS) is 20.3. The second-order valence-electron chi connectivity index (χ2n) is 10.3. The largest absolute Gasteiger partial charge is 0.444 e.